The van der Waals surface area contributed by atoms with Gasteiger partial charge in [-0.1, -0.05) is 43.2 Å². The molecule has 3 aromatic rings. The Labute approximate surface area is 184 Å². The highest BCUT2D eigenvalue weighted by Crippen LogP contribution is 2.25. The van der Waals surface area contributed by atoms with Gasteiger partial charge in [-0.05, 0) is 54.7 Å². The van der Waals surface area contributed by atoms with E-state index in [2.05, 4.69) is 29.2 Å². The van der Waals surface area contributed by atoms with E-state index in [1.54, 1.807) is 5.48 Å². The number of carbonyl (C=O) groups is 1. The van der Waals surface area contributed by atoms with E-state index in [1.165, 1.54) is 9.69 Å². The van der Waals surface area contributed by atoms with Crippen LogP contribution in [-0.4, -0.2) is 35.7 Å². The number of carbonyl (C=O) groups excluding carboxylic acids is 1. The maximum Gasteiger partial charge on any atom is 0.243 e. The second-order valence-corrected chi connectivity index (χ2v) is 8.68. The Hall–Kier alpha value is -2.52. The topological polar surface area (TPSA) is 108 Å². The van der Waals surface area contributed by atoms with Gasteiger partial charge < -0.3 is 9.54 Å². The second kappa shape index (κ2) is 11.2. The maximum absolute atomic E-state index is 11.6. The van der Waals surface area contributed by atoms with Gasteiger partial charge >= 0.3 is 0 Å². The fourth-order valence-electron chi connectivity index (χ4n) is 3.65. The molecule has 0 saturated carbocycles. The summed E-state index contributed by atoms with van der Waals surface area (Å²) in [5.41, 5.74) is 7.00. The predicted molar refractivity (Wildman–Crippen MR) is 121 cm³/mol. The van der Waals surface area contributed by atoms with Crippen molar-refractivity contribution in [2.75, 3.05) is 6.54 Å². The molecule has 1 atom stereocenters. The monoisotopic (exact) mass is 442 g/mol. The number of H-pyrrole nitrogens is 1. The highest BCUT2D eigenvalue weighted by Gasteiger charge is 2.08. The first-order valence-electron chi connectivity index (χ1n) is 10.4. The molecule has 0 aliphatic rings. The number of unbranched alkanes of at least 4 members (excludes halogenated alkanes) is 3. The number of hydrogen-bond acceptors (Lipinski definition) is 4. The molecule has 0 aliphatic carbocycles. The molecule has 3 N–H and O–H groups in total. The van der Waals surface area contributed by atoms with E-state index in [1.807, 2.05) is 31.2 Å². The highest BCUT2D eigenvalue weighted by atomic mass is 32.2. The van der Waals surface area contributed by atoms with Crippen molar-refractivity contribution >= 4 is 28.1 Å². The van der Waals surface area contributed by atoms with Gasteiger partial charge in [0.05, 0.1) is 0 Å². The van der Waals surface area contributed by atoms with E-state index in [9.17, 15) is 13.6 Å². The van der Waals surface area contributed by atoms with Gasteiger partial charge in [0, 0.05) is 47.4 Å². The van der Waals surface area contributed by atoms with E-state index in [0.717, 1.165) is 47.2 Å². The van der Waals surface area contributed by atoms with Crippen molar-refractivity contribution in [3.63, 3.8) is 0 Å². The lowest BCUT2D eigenvalue weighted by Gasteiger charge is -2.24. The molecule has 0 radical (unpaired) electrons. The Bertz CT molecular complexity index is 1030. The Kier molecular flexibility index (Phi) is 8.36. The summed E-state index contributed by atoms with van der Waals surface area (Å²) in [6, 6.07) is 16.4. The van der Waals surface area contributed by atoms with E-state index in [4.69, 9.17) is 5.21 Å². The molecule has 0 spiro atoms. The zero-order valence-corrected chi connectivity index (χ0v) is 18.4. The van der Waals surface area contributed by atoms with Crippen molar-refractivity contribution < 1.29 is 18.8 Å². The van der Waals surface area contributed by atoms with Crippen molar-refractivity contribution in [2.45, 2.75) is 45.6 Å². The largest absolute Gasteiger partial charge is 0.760 e. The van der Waals surface area contributed by atoms with Crippen molar-refractivity contribution in [3.05, 3.63) is 59.8 Å². The van der Waals surface area contributed by atoms with E-state index >= 15 is 0 Å². The second-order valence-electron chi connectivity index (χ2n) is 7.73. The molecular weight excluding hydrogens is 414 g/mol. The van der Waals surface area contributed by atoms with Crippen molar-refractivity contribution in [1.29, 1.82) is 0 Å². The molecule has 166 valence electrons. The first kappa shape index (κ1) is 23.1. The molecule has 1 heterocycles. The molecule has 2 aromatic carbocycles. The van der Waals surface area contributed by atoms with Crippen molar-refractivity contribution in [2.24, 2.45) is 0 Å². The van der Waals surface area contributed by atoms with Crippen LogP contribution in [0.4, 0.5) is 0 Å². The first-order chi connectivity index (χ1) is 15.0. The number of amides is 1. The van der Waals surface area contributed by atoms with Gasteiger partial charge in [-0.15, -0.1) is 0 Å². The molecule has 8 heteroatoms. The molecule has 0 saturated heterocycles. The number of benzene rings is 2. The van der Waals surface area contributed by atoms with Gasteiger partial charge in [0.2, 0.25) is 5.91 Å². The van der Waals surface area contributed by atoms with Crippen LogP contribution in [0.15, 0.2) is 48.5 Å². The molecule has 1 amide bonds. The smallest absolute Gasteiger partial charge is 0.243 e. The van der Waals surface area contributed by atoms with E-state index in [-0.39, 0.29) is 6.42 Å². The quantitative estimate of drug-likeness (QED) is 0.179. The molecule has 1 aromatic heterocycles. The normalized spacial score (nSPS) is 12.4. The van der Waals surface area contributed by atoms with Gasteiger partial charge in [-0.3, -0.25) is 14.2 Å². The zero-order chi connectivity index (χ0) is 22.2. The third kappa shape index (κ3) is 6.73. The molecule has 7 nitrogen and oxygen atoms in total. The van der Waals surface area contributed by atoms with Gasteiger partial charge in [-0.2, -0.15) is 0 Å². The minimum absolute atomic E-state index is 0.274. The predicted octanol–water partition coefficient (Wildman–Crippen LogP) is 4.20. The lowest BCUT2D eigenvalue weighted by molar-refractivity contribution is -0.129. The summed E-state index contributed by atoms with van der Waals surface area (Å²) in [7, 11) is 0. The summed E-state index contributed by atoms with van der Waals surface area (Å²) in [5.74, 6) is -0.395. The van der Waals surface area contributed by atoms with Crippen LogP contribution in [0, 0.1) is 6.92 Å². The van der Waals surface area contributed by atoms with Crippen LogP contribution in [0.2, 0.25) is 0 Å². The van der Waals surface area contributed by atoms with Crippen LogP contribution in [0.25, 0.3) is 22.0 Å². The average molecular weight is 443 g/mol. The van der Waals surface area contributed by atoms with Crippen LogP contribution < -0.4 is 5.48 Å². The first-order valence-corrected chi connectivity index (χ1v) is 11.5. The standard InChI is InChI=1S/C23H29N3O4S/c1-17-14-21-15-20(11-12-22(21)24-17)19-9-7-18(8-10-19)16-26(31(29)30)13-5-3-2-4-6-23(27)25-28/h7-12,14-15,24,28H,2-6,13,16H2,1H3,(H,25,27)(H,29,30)/p-1. The number of nitrogens with zero attached hydrogens (tertiary/aromatic N) is 1. The Morgan fingerprint density at radius 3 is 2.48 bits per heavy atom. The van der Waals surface area contributed by atoms with Crippen molar-refractivity contribution in [3.8, 4) is 11.1 Å². The third-order valence-electron chi connectivity index (χ3n) is 5.30. The lowest BCUT2D eigenvalue weighted by Crippen LogP contribution is -2.26. The van der Waals surface area contributed by atoms with Crippen molar-refractivity contribution in [1.82, 2.24) is 14.8 Å². The zero-order valence-electron chi connectivity index (χ0n) is 17.6. The van der Waals surface area contributed by atoms with E-state index in [0.29, 0.717) is 19.5 Å². The van der Waals surface area contributed by atoms with Crippen LogP contribution in [0.3, 0.4) is 0 Å². The Morgan fingerprint density at radius 1 is 1.06 bits per heavy atom. The number of fused-ring (bicyclic) bond motifs is 1. The number of aromatic nitrogens is 1. The van der Waals surface area contributed by atoms with Gasteiger partial charge in [0.15, 0.2) is 0 Å². The van der Waals surface area contributed by atoms with Gasteiger partial charge in [-0.25, -0.2) is 9.79 Å². The number of hydrogen-bond donors (Lipinski definition) is 3. The van der Waals surface area contributed by atoms with Gasteiger partial charge in [0.1, 0.15) is 0 Å². The summed E-state index contributed by atoms with van der Waals surface area (Å²) in [4.78, 5) is 14.3. The van der Waals surface area contributed by atoms with Crippen LogP contribution in [0.1, 0.15) is 43.4 Å². The SMILES string of the molecule is Cc1cc2cc(-c3ccc(CN(CCCCCCC(=O)NO)S(=O)[O-])cc3)ccc2[nH]1. The average Bonchev–Trinajstić information content (AvgIpc) is 3.14. The maximum atomic E-state index is 11.6. The fourth-order valence-corrected chi connectivity index (χ4v) is 4.19. The summed E-state index contributed by atoms with van der Waals surface area (Å²) >= 11 is -2.29. The van der Waals surface area contributed by atoms with Crippen LogP contribution in [-0.2, 0) is 22.6 Å². The summed E-state index contributed by atoms with van der Waals surface area (Å²) in [6.45, 7) is 2.81. The molecule has 0 bridgehead atoms. The highest BCUT2D eigenvalue weighted by molar-refractivity contribution is 7.76. The molecule has 0 fully saturated rings. The number of aromatic amines is 1. The molecule has 3 rings (SSSR count). The minimum Gasteiger partial charge on any atom is -0.760 e. The summed E-state index contributed by atoms with van der Waals surface area (Å²) in [6.07, 6.45) is 3.31. The molecular formula is C23H28N3O4S-. The summed E-state index contributed by atoms with van der Waals surface area (Å²) in [5, 5.41) is 9.63. The number of hydroxylamine groups is 1. The third-order valence-corrected chi connectivity index (χ3v) is 6.03. The van der Waals surface area contributed by atoms with Crippen LogP contribution in [0.5, 0.6) is 0 Å². The molecule has 1 unspecified atom stereocenters. The Morgan fingerprint density at radius 2 is 1.77 bits per heavy atom. The molecule has 0 aliphatic heterocycles. The lowest BCUT2D eigenvalue weighted by atomic mass is 10.0. The van der Waals surface area contributed by atoms with Crippen LogP contribution >= 0.6 is 0 Å². The van der Waals surface area contributed by atoms with E-state index < -0.39 is 17.2 Å². The number of aryl methyl sites for hydroxylation is 1. The minimum atomic E-state index is -2.29. The fraction of sp³-hybridized carbons (Fsp3) is 0.348. The van der Waals surface area contributed by atoms with Gasteiger partial charge in [0.25, 0.3) is 0 Å². The molecule has 31 heavy (non-hydrogen) atoms. The number of nitrogens with one attached hydrogen (secondary N) is 2. The Balaban J connectivity index is 1.53. The summed E-state index contributed by atoms with van der Waals surface area (Å²) < 4.78 is 24.6. The number of rotatable bonds is 11.